The second kappa shape index (κ2) is 10.3. The number of benzene rings is 2. The lowest BCUT2D eigenvalue weighted by molar-refractivity contribution is -0.137. The molecule has 2 heterocycles. The van der Waals surface area contributed by atoms with Gasteiger partial charge in [-0.2, -0.15) is 13.2 Å². The number of halogens is 3. The van der Waals surface area contributed by atoms with E-state index in [0.29, 0.717) is 13.1 Å². The van der Waals surface area contributed by atoms with Gasteiger partial charge in [0.05, 0.1) is 5.56 Å². The Labute approximate surface area is 199 Å². The molecule has 2 aliphatic heterocycles. The van der Waals surface area contributed by atoms with Crippen LogP contribution in [0.1, 0.15) is 37.8 Å². The van der Waals surface area contributed by atoms with Crippen molar-refractivity contribution in [3.05, 3.63) is 65.7 Å². The van der Waals surface area contributed by atoms with Crippen LogP contribution in [-0.4, -0.2) is 60.1 Å². The van der Waals surface area contributed by atoms with Crippen LogP contribution >= 0.6 is 0 Å². The predicted octanol–water partition coefficient (Wildman–Crippen LogP) is 4.98. The Morgan fingerprint density at radius 1 is 0.941 bits per heavy atom. The van der Waals surface area contributed by atoms with E-state index in [0.717, 1.165) is 50.3 Å². The minimum atomic E-state index is -4.34. The number of hydrogen-bond donors (Lipinski definition) is 1. The molecule has 0 aliphatic carbocycles. The molecule has 2 aliphatic rings. The van der Waals surface area contributed by atoms with Gasteiger partial charge in [-0.15, -0.1) is 0 Å². The molecule has 184 valence electrons. The Bertz CT molecular complexity index is 931. The number of rotatable bonds is 4. The highest BCUT2D eigenvalue weighted by molar-refractivity contribution is 5.76. The van der Waals surface area contributed by atoms with Crippen LogP contribution in [0.4, 0.5) is 23.7 Å². The summed E-state index contributed by atoms with van der Waals surface area (Å²) < 4.78 is 38.6. The maximum Gasteiger partial charge on any atom is 0.416 e. The number of carbonyl (C=O) groups is 1. The highest BCUT2D eigenvalue weighted by Crippen LogP contribution is 2.31. The van der Waals surface area contributed by atoms with Gasteiger partial charge in [-0.25, -0.2) is 4.79 Å². The third-order valence-electron chi connectivity index (χ3n) is 6.88. The monoisotopic (exact) mass is 474 g/mol. The van der Waals surface area contributed by atoms with Crippen molar-refractivity contribution in [1.29, 1.82) is 0 Å². The van der Waals surface area contributed by atoms with E-state index in [2.05, 4.69) is 39.4 Å². The van der Waals surface area contributed by atoms with Gasteiger partial charge >= 0.3 is 12.2 Å². The van der Waals surface area contributed by atoms with Crippen LogP contribution in [0.25, 0.3) is 0 Å². The predicted molar refractivity (Wildman–Crippen MR) is 128 cm³/mol. The van der Waals surface area contributed by atoms with Crippen LogP contribution in [0.5, 0.6) is 0 Å². The highest BCUT2D eigenvalue weighted by Gasteiger charge is 2.35. The van der Waals surface area contributed by atoms with Crippen molar-refractivity contribution >= 4 is 11.7 Å². The number of piperidine rings is 1. The van der Waals surface area contributed by atoms with Crippen molar-refractivity contribution in [3.8, 4) is 0 Å². The number of nitrogens with one attached hydrogen (secondary N) is 1. The summed E-state index contributed by atoms with van der Waals surface area (Å²) in [6.45, 7) is 7.99. The first kappa shape index (κ1) is 24.4. The molecule has 8 heteroatoms. The van der Waals surface area contributed by atoms with Crippen LogP contribution in [0.3, 0.4) is 0 Å². The SMILES string of the molecule is C[C@@H]1CN(c2ccc(C(F)(F)F)cc2)C[C@H](C)N1C(=O)NC1CCN(Cc2ccccc2)CC1. The Morgan fingerprint density at radius 3 is 2.09 bits per heavy atom. The Hall–Kier alpha value is -2.74. The summed E-state index contributed by atoms with van der Waals surface area (Å²) in [6, 6.07) is 15.7. The van der Waals surface area contributed by atoms with Crippen molar-refractivity contribution in [3.63, 3.8) is 0 Å². The van der Waals surface area contributed by atoms with Crippen LogP contribution in [-0.2, 0) is 12.7 Å². The molecule has 2 aromatic carbocycles. The van der Waals surface area contributed by atoms with Crippen LogP contribution < -0.4 is 10.2 Å². The molecule has 2 amide bonds. The van der Waals surface area contributed by atoms with Crippen molar-refractivity contribution in [1.82, 2.24) is 15.1 Å². The van der Waals surface area contributed by atoms with Crippen LogP contribution in [0.2, 0.25) is 0 Å². The second-order valence-electron chi connectivity index (χ2n) is 9.54. The fourth-order valence-electron chi connectivity index (χ4n) is 5.12. The Balaban J connectivity index is 1.28. The average molecular weight is 475 g/mol. The van der Waals surface area contributed by atoms with Gasteiger partial charge < -0.3 is 15.1 Å². The number of piperazine rings is 1. The molecule has 1 N–H and O–H groups in total. The van der Waals surface area contributed by atoms with Gasteiger partial charge in [0.1, 0.15) is 0 Å². The van der Waals surface area contributed by atoms with E-state index in [9.17, 15) is 18.0 Å². The molecule has 0 bridgehead atoms. The van der Waals surface area contributed by atoms with Crippen molar-refractivity contribution < 1.29 is 18.0 Å². The van der Waals surface area contributed by atoms with Crippen LogP contribution in [0.15, 0.2) is 54.6 Å². The van der Waals surface area contributed by atoms with Crippen molar-refractivity contribution in [2.75, 3.05) is 31.1 Å². The van der Waals surface area contributed by atoms with Crippen molar-refractivity contribution in [2.45, 2.75) is 57.5 Å². The smallest absolute Gasteiger partial charge is 0.367 e. The number of hydrogen-bond acceptors (Lipinski definition) is 3. The lowest BCUT2D eigenvalue weighted by atomic mass is 10.0. The maximum absolute atomic E-state index is 13.1. The van der Waals surface area contributed by atoms with E-state index >= 15 is 0 Å². The van der Waals surface area contributed by atoms with Gasteiger partial charge in [0.15, 0.2) is 0 Å². The molecule has 2 atom stereocenters. The molecular formula is C26H33F3N4O. The number of nitrogens with zero attached hydrogens (tertiary/aromatic N) is 3. The zero-order chi connectivity index (χ0) is 24.3. The van der Waals surface area contributed by atoms with Gasteiger partial charge in [0, 0.05) is 56.5 Å². The van der Waals surface area contributed by atoms with Crippen molar-refractivity contribution in [2.24, 2.45) is 0 Å². The van der Waals surface area contributed by atoms with Gasteiger partial charge in [0.25, 0.3) is 0 Å². The summed E-state index contributed by atoms with van der Waals surface area (Å²) in [5, 5.41) is 3.23. The number of likely N-dealkylation sites (tertiary alicyclic amines) is 1. The molecule has 5 nitrogen and oxygen atoms in total. The average Bonchev–Trinajstić information content (AvgIpc) is 2.80. The first-order valence-electron chi connectivity index (χ1n) is 12.0. The highest BCUT2D eigenvalue weighted by atomic mass is 19.4. The molecule has 2 aromatic rings. The lowest BCUT2D eigenvalue weighted by Crippen LogP contribution is -2.62. The molecule has 2 fully saturated rings. The fraction of sp³-hybridized carbons (Fsp3) is 0.500. The number of amides is 2. The standard InChI is InChI=1S/C26H33F3N4O/c1-19-16-32(24-10-8-22(9-11-24)26(27,28)29)17-20(2)33(19)25(34)30-23-12-14-31(15-13-23)18-21-6-4-3-5-7-21/h3-11,19-20,23H,12-18H2,1-2H3,(H,30,34)/t19-,20+. The van der Waals surface area contributed by atoms with E-state index in [1.54, 1.807) is 0 Å². The summed E-state index contributed by atoms with van der Waals surface area (Å²) in [4.78, 5) is 19.5. The number of urea groups is 1. The zero-order valence-corrected chi connectivity index (χ0v) is 19.8. The molecule has 0 spiro atoms. The number of carbonyl (C=O) groups excluding carboxylic acids is 1. The molecule has 0 saturated carbocycles. The third kappa shape index (κ3) is 5.84. The van der Waals surface area contributed by atoms with Gasteiger partial charge in [-0.3, -0.25) is 4.90 Å². The van der Waals surface area contributed by atoms with E-state index in [1.165, 1.54) is 17.7 Å². The van der Waals surface area contributed by atoms with Crippen LogP contribution in [0, 0.1) is 0 Å². The minimum Gasteiger partial charge on any atom is -0.367 e. The van der Waals surface area contributed by atoms with E-state index in [1.807, 2.05) is 24.8 Å². The van der Waals surface area contributed by atoms with E-state index in [4.69, 9.17) is 0 Å². The Kier molecular flexibility index (Phi) is 7.36. The van der Waals surface area contributed by atoms with Gasteiger partial charge in [0.2, 0.25) is 0 Å². The first-order valence-corrected chi connectivity index (χ1v) is 12.0. The lowest BCUT2D eigenvalue weighted by Gasteiger charge is -2.46. The molecule has 4 rings (SSSR count). The molecule has 2 saturated heterocycles. The quantitative estimate of drug-likeness (QED) is 0.680. The molecule has 0 unspecified atom stereocenters. The van der Waals surface area contributed by atoms with E-state index in [-0.39, 0.29) is 24.2 Å². The first-order chi connectivity index (χ1) is 16.2. The minimum absolute atomic E-state index is 0.0476. The molecule has 0 radical (unpaired) electrons. The summed E-state index contributed by atoms with van der Waals surface area (Å²) >= 11 is 0. The normalized spacial score (nSPS) is 22.6. The van der Waals surface area contributed by atoms with E-state index < -0.39 is 11.7 Å². The zero-order valence-electron chi connectivity index (χ0n) is 19.8. The molecule has 0 aromatic heterocycles. The second-order valence-corrected chi connectivity index (χ2v) is 9.54. The summed E-state index contributed by atoms with van der Waals surface area (Å²) in [5.74, 6) is 0. The fourth-order valence-corrected chi connectivity index (χ4v) is 5.12. The molecular weight excluding hydrogens is 441 g/mol. The topological polar surface area (TPSA) is 38.8 Å². The third-order valence-corrected chi connectivity index (χ3v) is 6.88. The summed E-state index contributed by atoms with van der Waals surface area (Å²) in [7, 11) is 0. The number of alkyl halides is 3. The number of anilines is 1. The molecule has 34 heavy (non-hydrogen) atoms. The summed E-state index contributed by atoms with van der Waals surface area (Å²) in [6.07, 6.45) is -2.49. The van der Waals surface area contributed by atoms with Gasteiger partial charge in [-0.1, -0.05) is 30.3 Å². The maximum atomic E-state index is 13.1. The largest absolute Gasteiger partial charge is 0.416 e. The summed E-state index contributed by atoms with van der Waals surface area (Å²) in [5.41, 5.74) is 1.40. The Morgan fingerprint density at radius 2 is 1.53 bits per heavy atom. The van der Waals surface area contributed by atoms with Gasteiger partial charge in [-0.05, 0) is 56.5 Å².